The molecule has 1 heterocycles. The highest BCUT2D eigenvalue weighted by molar-refractivity contribution is 14.1. The molecule has 5 nitrogen and oxygen atoms in total. The minimum Gasteiger partial charge on any atom is -0.396 e. The van der Waals surface area contributed by atoms with Gasteiger partial charge in [-0.2, -0.15) is 0 Å². The van der Waals surface area contributed by atoms with E-state index in [1.165, 1.54) is 6.33 Å². The number of anilines is 1. The summed E-state index contributed by atoms with van der Waals surface area (Å²) in [6, 6.07) is 0. The zero-order valence-corrected chi connectivity index (χ0v) is 9.04. The fourth-order valence-electron chi connectivity index (χ4n) is 0.792. The van der Waals surface area contributed by atoms with Crippen molar-refractivity contribution in [3.63, 3.8) is 0 Å². The number of aliphatic hydroxyl groups is 1. The Morgan fingerprint density at radius 1 is 1.69 bits per heavy atom. The van der Waals surface area contributed by atoms with Crippen molar-refractivity contribution in [1.82, 2.24) is 9.97 Å². The number of H-pyrrole nitrogens is 1. The summed E-state index contributed by atoms with van der Waals surface area (Å²) in [5, 5.41) is 11.5. The Hall–Kier alpha value is -0.630. The topological polar surface area (TPSA) is 78.0 Å². The Bertz CT molecular complexity index is 326. The van der Waals surface area contributed by atoms with Crippen LogP contribution in [0.15, 0.2) is 11.1 Å². The third-order valence-corrected chi connectivity index (χ3v) is 2.42. The molecule has 3 N–H and O–H groups in total. The number of rotatable bonds is 4. The maximum absolute atomic E-state index is 11.1. The van der Waals surface area contributed by atoms with Gasteiger partial charge in [0, 0.05) is 13.2 Å². The van der Waals surface area contributed by atoms with Gasteiger partial charge < -0.3 is 15.4 Å². The largest absolute Gasteiger partial charge is 0.396 e. The number of hydrogen-bond acceptors (Lipinski definition) is 4. The number of nitrogens with zero attached hydrogens (tertiary/aromatic N) is 1. The van der Waals surface area contributed by atoms with E-state index in [2.05, 4.69) is 15.3 Å². The second-order valence-electron chi connectivity index (χ2n) is 2.40. The normalized spacial score (nSPS) is 10.0. The van der Waals surface area contributed by atoms with E-state index in [1.54, 1.807) is 0 Å². The Kier molecular flexibility index (Phi) is 4.16. The molecule has 0 aliphatic rings. The molecule has 0 saturated carbocycles. The molecular formula is C7H10IN3O2. The monoisotopic (exact) mass is 295 g/mol. The van der Waals surface area contributed by atoms with Gasteiger partial charge in [-0.15, -0.1) is 0 Å². The molecule has 1 aromatic heterocycles. The number of aliphatic hydroxyl groups excluding tert-OH is 1. The summed E-state index contributed by atoms with van der Waals surface area (Å²) in [4.78, 5) is 17.5. The molecule has 0 unspecified atom stereocenters. The first-order valence-corrected chi connectivity index (χ1v) is 4.91. The van der Waals surface area contributed by atoms with E-state index in [-0.39, 0.29) is 12.2 Å². The van der Waals surface area contributed by atoms with Gasteiger partial charge in [0.05, 0.1) is 6.33 Å². The van der Waals surface area contributed by atoms with E-state index < -0.39 is 0 Å². The molecule has 0 saturated heterocycles. The van der Waals surface area contributed by atoms with E-state index in [1.807, 2.05) is 22.6 Å². The average Bonchev–Trinajstić information content (AvgIpc) is 2.13. The Balaban J connectivity index is 2.66. The summed E-state index contributed by atoms with van der Waals surface area (Å²) >= 11 is 1.93. The summed E-state index contributed by atoms with van der Waals surface area (Å²) in [5.74, 6) is 0.567. The van der Waals surface area contributed by atoms with Crippen LogP contribution < -0.4 is 10.9 Å². The van der Waals surface area contributed by atoms with Crippen LogP contribution in [0.25, 0.3) is 0 Å². The fourth-order valence-corrected chi connectivity index (χ4v) is 1.28. The molecule has 0 fully saturated rings. The lowest BCUT2D eigenvalue weighted by molar-refractivity contribution is 0.292. The number of aromatic amines is 1. The zero-order chi connectivity index (χ0) is 9.68. The summed E-state index contributed by atoms with van der Waals surface area (Å²) < 4.78 is 0.540. The van der Waals surface area contributed by atoms with Gasteiger partial charge in [-0.05, 0) is 29.0 Å². The molecule has 1 rings (SSSR count). The molecule has 0 aliphatic carbocycles. The molecule has 0 radical (unpaired) electrons. The van der Waals surface area contributed by atoms with E-state index in [9.17, 15) is 4.79 Å². The standard InChI is InChI=1S/C7H10IN3O2/c8-5-6(9-2-1-3-12)10-4-11-7(5)13/h4,12H,1-3H2,(H2,9,10,11,13). The van der Waals surface area contributed by atoms with Crippen molar-refractivity contribution in [3.05, 3.63) is 20.3 Å². The van der Waals surface area contributed by atoms with Crippen LogP contribution in [0.5, 0.6) is 0 Å². The maximum Gasteiger partial charge on any atom is 0.266 e. The number of nitrogens with one attached hydrogen (secondary N) is 2. The third-order valence-electron chi connectivity index (χ3n) is 1.42. The van der Waals surface area contributed by atoms with Crippen LogP contribution in [0.1, 0.15) is 6.42 Å². The highest BCUT2D eigenvalue weighted by atomic mass is 127. The smallest absolute Gasteiger partial charge is 0.266 e. The van der Waals surface area contributed by atoms with Gasteiger partial charge in [0.2, 0.25) is 0 Å². The molecule has 0 aliphatic heterocycles. The molecule has 6 heteroatoms. The predicted molar refractivity (Wildman–Crippen MR) is 57.8 cm³/mol. The summed E-state index contributed by atoms with van der Waals surface area (Å²) in [5.41, 5.74) is -0.151. The van der Waals surface area contributed by atoms with Gasteiger partial charge in [-0.1, -0.05) is 0 Å². The van der Waals surface area contributed by atoms with E-state index >= 15 is 0 Å². The van der Waals surface area contributed by atoms with Gasteiger partial charge in [0.1, 0.15) is 9.39 Å². The third kappa shape index (κ3) is 2.96. The minimum atomic E-state index is -0.151. The fraction of sp³-hybridized carbons (Fsp3) is 0.429. The van der Waals surface area contributed by atoms with Gasteiger partial charge in [0.25, 0.3) is 5.56 Å². The van der Waals surface area contributed by atoms with Crippen molar-refractivity contribution >= 4 is 28.4 Å². The predicted octanol–water partition coefficient (Wildman–Crippen LogP) is 0.169. The Morgan fingerprint density at radius 2 is 2.46 bits per heavy atom. The minimum absolute atomic E-state index is 0.132. The van der Waals surface area contributed by atoms with Crippen molar-refractivity contribution in [2.75, 3.05) is 18.5 Å². The van der Waals surface area contributed by atoms with Crippen LogP contribution in [0.2, 0.25) is 0 Å². The van der Waals surface area contributed by atoms with Gasteiger partial charge in [-0.3, -0.25) is 4.79 Å². The van der Waals surface area contributed by atoms with Crippen molar-refractivity contribution in [2.24, 2.45) is 0 Å². The van der Waals surface area contributed by atoms with Crippen molar-refractivity contribution in [2.45, 2.75) is 6.42 Å². The second kappa shape index (κ2) is 5.18. The lowest BCUT2D eigenvalue weighted by atomic mass is 10.4. The Morgan fingerprint density at radius 3 is 3.15 bits per heavy atom. The highest BCUT2D eigenvalue weighted by Crippen LogP contribution is 2.07. The van der Waals surface area contributed by atoms with Crippen LogP contribution in [0.3, 0.4) is 0 Å². The molecule has 72 valence electrons. The highest BCUT2D eigenvalue weighted by Gasteiger charge is 2.02. The number of aromatic nitrogens is 2. The molecule has 13 heavy (non-hydrogen) atoms. The lowest BCUT2D eigenvalue weighted by Gasteiger charge is -2.04. The van der Waals surface area contributed by atoms with Crippen molar-refractivity contribution in [3.8, 4) is 0 Å². The quantitative estimate of drug-likeness (QED) is 0.546. The zero-order valence-electron chi connectivity index (χ0n) is 6.88. The van der Waals surface area contributed by atoms with Crippen LogP contribution >= 0.6 is 22.6 Å². The first kappa shape index (κ1) is 10.5. The molecule has 0 aromatic carbocycles. The SMILES string of the molecule is O=c1[nH]cnc(NCCCO)c1I. The molecule has 1 aromatic rings. The van der Waals surface area contributed by atoms with Crippen LogP contribution in [-0.2, 0) is 0 Å². The summed E-state index contributed by atoms with van der Waals surface area (Å²) in [6.45, 7) is 0.746. The van der Waals surface area contributed by atoms with Gasteiger partial charge in [-0.25, -0.2) is 4.98 Å². The first-order chi connectivity index (χ1) is 6.25. The first-order valence-electron chi connectivity index (χ1n) is 3.83. The number of hydrogen-bond donors (Lipinski definition) is 3. The average molecular weight is 295 g/mol. The van der Waals surface area contributed by atoms with Crippen molar-refractivity contribution in [1.29, 1.82) is 0 Å². The summed E-state index contributed by atoms with van der Waals surface area (Å²) in [6.07, 6.45) is 2.00. The van der Waals surface area contributed by atoms with Gasteiger partial charge >= 0.3 is 0 Å². The van der Waals surface area contributed by atoms with Gasteiger partial charge in [0.15, 0.2) is 0 Å². The van der Waals surface area contributed by atoms with Crippen LogP contribution in [0, 0.1) is 3.57 Å². The van der Waals surface area contributed by atoms with E-state index in [0.717, 1.165) is 0 Å². The molecule has 0 spiro atoms. The lowest BCUT2D eigenvalue weighted by Crippen LogP contribution is -2.15. The summed E-state index contributed by atoms with van der Waals surface area (Å²) in [7, 11) is 0. The van der Waals surface area contributed by atoms with Crippen LogP contribution in [-0.4, -0.2) is 28.2 Å². The number of halogens is 1. The molecular weight excluding hydrogens is 285 g/mol. The van der Waals surface area contributed by atoms with Crippen molar-refractivity contribution < 1.29 is 5.11 Å². The molecule has 0 atom stereocenters. The maximum atomic E-state index is 11.1. The molecule has 0 bridgehead atoms. The van der Waals surface area contributed by atoms with E-state index in [4.69, 9.17) is 5.11 Å². The Labute approximate surface area is 88.7 Å². The van der Waals surface area contributed by atoms with E-state index in [0.29, 0.717) is 22.4 Å². The van der Waals surface area contributed by atoms with Crippen LogP contribution in [0.4, 0.5) is 5.82 Å². The second-order valence-corrected chi connectivity index (χ2v) is 3.48. The molecule has 0 amide bonds.